The molecule has 2 aromatic rings. The molecule has 1 aliphatic rings. The van der Waals surface area contributed by atoms with Crippen molar-refractivity contribution in [2.45, 2.75) is 39.1 Å². The number of carbonyl (C=O) groups is 1. The molecule has 1 aliphatic heterocycles. The van der Waals surface area contributed by atoms with Crippen molar-refractivity contribution >= 4 is 6.03 Å². The van der Waals surface area contributed by atoms with E-state index in [9.17, 15) is 9.90 Å². The Morgan fingerprint density at radius 2 is 2.32 bits per heavy atom. The number of carbonyl (C=O) groups excluding carboxylic acids is 1. The number of nitrogens with zero attached hydrogens (tertiary/aromatic N) is 4. The fourth-order valence-electron chi connectivity index (χ4n) is 3.02. The third-order valence-corrected chi connectivity index (χ3v) is 4.35. The SMILES string of the molecule is CCN(Cc1nnc(C)o1)[C@H]1CN(C(=O)NCc2ccoc2)C[C@H]1O. The van der Waals surface area contributed by atoms with Gasteiger partial charge in [-0.25, -0.2) is 4.79 Å². The first-order valence-corrected chi connectivity index (χ1v) is 8.31. The first-order chi connectivity index (χ1) is 12.1. The second-order valence-corrected chi connectivity index (χ2v) is 6.11. The zero-order chi connectivity index (χ0) is 17.8. The van der Waals surface area contributed by atoms with Crippen molar-refractivity contribution in [2.75, 3.05) is 19.6 Å². The number of furan rings is 1. The molecular formula is C16H23N5O4. The summed E-state index contributed by atoms with van der Waals surface area (Å²) in [5.74, 6) is 1.02. The number of rotatable bonds is 6. The number of nitrogens with one attached hydrogen (secondary N) is 1. The summed E-state index contributed by atoms with van der Waals surface area (Å²) in [4.78, 5) is 16.0. The van der Waals surface area contributed by atoms with Gasteiger partial charge in [0.1, 0.15) is 0 Å². The van der Waals surface area contributed by atoms with Gasteiger partial charge in [0.25, 0.3) is 0 Å². The minimum absolute atomic E-state index is 0.170. The van der Waals surface area contributed by atoms with Crippen LogP contribution in [0.2, 0.25) is 0 Å². The largest absolute Gasteiger partial charge is 0.472 e. The van der Waals surface area contributed by atoms with Crippen LogP contribution in [0.1, 0.15) is 24.3 Å². The van der Waals surface area contributed by atoms with Gasteiger partial charge in [-0.05, 0) is 12.6 Å². The third kappa shape index (κ3) is 4.18. The number of likely N-dealkylation sites (N-methyl/N-ethyl adjacent to an activating group) is 1. The lowest BCUT2D eigenvalue weighted by atomic mass is 10.2. The van der Waals surface area contributed by atoms with Crippen LogP contribution >= 0.6 is 0 Å². The predicted molar refractivity (Wildman–Crippen MR) is 87.4 cm³/mol. The summed E-state index contributed by atoms with van der Waals surface area (Å²) >= 11 is 0. The lowest BCUT2D eigenvalue weighted by molar-refractivity contribution is 0.0760. The van der Waals surface area contributed by atoms with Crippen LogP contribution in [-0.4, -0.2) is 62.9 Å². The maximum Gasteiger partial charge on any atom is 0.317 e. The number of amides is 2. The zero-order valence-corrected chi connectivity index (χ0v) is 14.4. The Labute approximate surface area is 145 Å². The average molecular weight is 349 g/mol. The highest BCUT2D eigenvalue weighted by Gasteiger charge is 2.37. The molecule has 0 bridgehead atoms. The molecule has 2 aromatic heterocycles. The van der Waals surface area contributed by atoms with Gasteiger partial charge in [0, 0.05) is 32.1 Å². The van der Waals surface area contributed by atoms with Crippen molar-refractivity contribution in [1.82, 2.24) is 25.3 Å². The fraction of sp³-hybridized carbons (Fsp3) is 0.562. The van der Waals surface area contributed by atoms with E-state index in [4.69, 9.17) is 8.83 Å². The van der Waals surface area contributed by atoms with Crippen molar-refractivity contribution in [2.24, 2.45) is 0 Å². The summed E-state index contributed by atoms with van der Waals surface area (Å²) in [5.41, 5.74) is 0.895. The predicted octanol–water partition coefficient (Wildman–Crippen LogP) is 0.748. The molecule has 2 atom stereocenters. The minimum atomic E-state index is -0.622. The number of aliphatic hydroxyl groups is 1. The summed E-state index contributed by atoms with van der Waals surface area (Å²) in [6, 6.07) is 1.43. The maximum absolute atomic E-state index is 12.3. The summed E-state index contributed by atoms with van der Waals surface area (Å²) in [5, 5.41) is 21.1. The Kier molecular flexibility index (Phi) is 5.34. The molecule has 0 aliphatic carbocycles. The minimum Gasteiger partial charge on any atom is -0.472 e. The summed E-state index contributed by atoms with van der Waals surface area (Å²) in [6.07, 6.45) is 2.53. The van der Waals surface area contributed by atoms with Crippen LogP contribution < -0.4 is 5.32 Å². The van der Waals surface area contributed by atoms with Gasteiger partial charge in [-0.15, -0.1) is 10.2 Å². The number of hydrogen-bond donors (Lipinski definition) is 2. The van der Waals surface area contributed by atoms with E-state index in [0.29, 0.717) is 44.5 Å². The molecular weight excluding hydrogens is 326 g/mol. The fourth-order valence-corrected chi connectivity index (χ4v) is 3.02. The Hall–Kier alpha value is -2.39. The van der Waals surface area contributed by atoms with E-state index in [1.807, 2.05) is 11.8 Å². The van der Waals surface area contributed by atoms with Crippen LogP contribution in [-0.2, 0) is 13.1 Å². The molecule has 25 heavy (non-hydrogen) atoms. The number of urea groups is 1. The van der Waals surface area contributed by atoms with E-state index >= 15 is 0 Å². The molecule has 2 amide bonds. The highest BCUT2D eigenvalue weighted by atomic mass is 16.4. The van der Waals surface area contributed by atoms with Crippen LogP contribution in [0.3, 0.4) is 0 Å². The molecule has 3 heterocycles. The Morgan fingerprint density at radius 3 is 2.96 bits per heavy atom. The molecule has 0 aromatic carbocycles. The lowest BCUT2D eigenvalue weighted by Gasteiger charge is -2.27. The van der Waals surface area contributed by atoms with Crippen molar-refractivity contribution < 1.29 is 18.7 Å². The van der Waals surface area contributed by atoms with E-state index < -0.39 is 6.10 Å². The van der Waals surface area contributed by atoms with E-state index in [1.54, 1.807) is 30.4 Å². The monoisotopic (exact) mass is 349 g/mol. The van der Waals surface area contributed by atoms with Gasteiger partial charge in [-0.3, -0.25) is 4.90 Å². The number of aromatic nitrogens is 2. The Bertz CT molecular complexity index is 687. The van der Waals surface area contributed by atoms with Crippen molar-refractivity contribution in [1.29, 1.82) is 0 Å². The molecule has 0 saturated carbocycles. The van der Waals surface area contributed by atoms with E-state index in [1.165, 1.54) is 0 Å². The van der Waals surface area contributed by atoms with Crippen molar-refractivity contribution in [3.05, 3.63) is 35.9 Å². The van der Waals surface area contributed by atoms with Crippen molar-refractivity contribution in [3.63, 3.8) is 0 Å². The number of hydrogen-bond acceptors (Lipinski definition) is 7. The number of aliphatic hydroxyl groups excluding tert-OH is 1. The van der Waals surface area contributed by atoms with Gasteiger partial charge in [0.2, 0.25) is 11.8 Å². The van der Waals surface area contributed by atoms with Gasteiger partial charge in [-0.2, -0.15) is 0 Å². The normalized spacial score (nSPS) is 20.4. The maximum atomic E-state index is 12.3. The highest BCUT2D eigenvalue weighted by Crippen LogP contribution is 2.19. The molecule has 2 N–H and O–H groups in total. The number of aryl methyl sites for hydroxylation is 1. The van der Waals surface area contributed by atoms with Gasteiger partial charge < -0.3 is 24.2 Å². The van der Waals surface area contributed by atoms with Crippen LogP contribution in [0.15, 0.2) is 27.4 Å². The number of likely N-dealkylation sites (tertiary alicyclic amines) is 1. The molecule has 136 valence electrons. The average Bonchev–Trinajstić information content (AvgIpc) is 3.32. The molecule has 0 spiro atoms. The Balaban J connectivity index is 1.56. The second-order valence-electron chi connectivity index (χ2n) is 6.11. The summed E-state index contributed by atoms with van der Waals surface area (Å²) in [7, 11) is 0. The van der Waals surface area contributed by atoms with E-state index in [2.05, 4.69) is 15.5 Å². The van der Waals surface area contributed by atoms with Crippen LogP contribution in [0.5, 0.6) is 0 Å². The zero-order valence-electron chi connectivity index (χ0n) is 14.4. The lowest BCUT2D eigenvalue weighted by Crippen LogP contribution is -2.43. The standard InChI is InChI=1S/C16H23N5O4/c1-3-20(9-15-19-18-11(2)25-15)13-7-21(8-14(13)22)16(23)17-6-12-4-5-24-10-12/h4-5,10,13-14,22H,3,6-9H2,1-2H3,(H,17,23)/t13-,14+/m0/s1. The molecule has 3 rings (SSSR count). The topological polar surface area (TPSA) is 108 Å². The van der Waals surface area contributed by atoms with E-state index in [0.717, 1.165) is 5.56 Å². The second kappa shape index (κ2) is 7.66. The highest BCUT2D eigenvalue weighted by molar-refractivity contribution is 5.74. The Morgan fingerprint density at radius 1 is 1.48 bits per heavy atom. The van der Waals surface area contributed by atoms with Crippen molar-refractivity contribution in [3.8, 4) is 0 Å². The molecule has 9 nitrogen and oxygen atoms in total. The smallest absolute Gasteiger partial charge is 0.317 e. The van der Waals surface area contributed by atoms with Gasteiger partial charge in [0.05, 0.1) is 31.2 Å². The summed E-state index contributed by atoms with van der Waals surface area (Å²) < 4.78 is 10.4. The third-order valence-electron chi connectivity index (χ3n) is 4.35. The summed E-state index contributed by atoms with van der Waals surface area (Å²) in [6.45, 7) is 6.02. The number of β-amino-alcohol motifs (C(OH)–C–C–N with tert-alkyl or cyclic N) is 1. The van der Waals surface area contributed by atoms with Crippen LogP contribution in [0, 0.1) is 6.92 Å². The molecule has 0 unspecified atom stereocenters. The molecule has 1 saturated heterocycles. The first kappa shape index (κ1) is 17.4. The molecule has 9 heteroatoms. The van der Waals surface area contributed by atoms with Gasteiger partial charge in [-0.1, -0.05) is 6.92 Å². The molecule has 1 fully saturated rings. The molecule has 0 radical (unpaired) electrons. The first-order valence-electron chi connectivity index (χ1n) is 8.31. The van der Waals surface area contributed by atoms with Gasteiger partial charge in [0.15, 0.2) is 0 Å². The quantitative estimate of drug-likeness (QED) is 0.792. The van der Waals surface area contributed by atoms with Crippen LogP contribution in [0.4, 0.5) is 4.79 Å². The van der Waals surface area contributed by atoms with Crippen LogP contribution in [0.25, 0.3) is 0 Å². The van der Waals surface area contributed by atoms with Gasteiger partial charge >= 0.3 is 6.03 Å². The van der Waals surface area contributed by atoms with E-state index in [-0.39, 0.29) is 12.1 Å².